The number of halogens is 3. The molecule has 0 aliphatic rings. The predicted octanol–water partition coefficient (Wildman–Crippen LogP) is 4.97. The van der Waals surface area contributed by atoms with Crippen LogP contribution in [0.25, 0.3) is 10.9 Å². The Morgan fingerprint density at radius 2 is 1.64 bits per heavy atom. The number of hydrogen-bond acceptors (Lipinski definition) is 6. The van der Waals surface area contributed by atoms with E-state index in [1.54, 1.807) is 24.3 Å². The van der Waals surface area contributed by atoms with Gasteiger partial charge < -0.3 is 10.1 Å². The Balaban J connectivity index is 1.51. The molecule has 4 rings (SSSR count). The SMILES string of the molecule is FC(F)(F)c1ccnc(Oc2ccc(Nc3ncnc4ccccc34)cc2)n1. The summed E-state index contributed by atoms with van der Waals surface area (Å²) in [6.45, 7) is 0. The maximum absolute atomic E-state index is 12.7. The monoisotopic (exact) mass is 383 g/mol. The summed E-state index contributed by atoms with van der Waals surface area (Å²) in [4.78, 5) is 15.5. The number of anilines is 2. The number of ether oxygens (including phenoxy) is 1. The van der Waals surface area contributed by atoms with E-state index < -0.39 is 11.9 Å². The van der Waals surface area contributed by atoms with Crippen LogP contribution in [-0.4, -0.2) is 19.9 Å². The van der Waals surface area contributed by atoms with E-state index in [4.69, 9.17) is 4.74 Å². The van der Waals surface area contributed by atoms with Crippen LogP contribution in [0.5, 0.6) is 11.8 Å². The standard InChI is InChI=1S/C19H12F3N5O/c20-19(21,22)16-9-10-23-18(27-16)28-13-7-5-12(6-8-13)26-17-14-3-1-2-4-15(14)24-11-25-17/h1-11H,(H,24,25,26). The van der Waals surface area contributed by atoms with E-state index in [0.29, 0.717) is 11.6 Å². The molecule has 28 heavy (non-hydrogen) atoms. The first-order valence-corrected chi connectivity index (χ1v) is 8.14. The average Bonchev–Trinajstić information content (AvgIpc) is 2.69. The lowest BCUT2D eigenvalue weighted by Crippen LogP contribution is -2.08. The summed E-state index contributed by atoms with van der Waals surface area (Å²) in [6, 6.07) is 14.6. The van der Waals surface area contributed by atoms with Crippen molar-refractivity contribution in [3.8, 4) is 11.8 Å². The fraction of sp³-hybridized carbons (Fsp3) is 0.0526. The highest BCUT2D eigenvalue weighted by atomic mass is 19.4. The molecule has 0 saturated heterocycles. The molecule has 9 heteroatoms. The number of rotatable bonds is 4. The van der Waals surface area contributed by atoms with Gasteiger partial charge in [0.25, 0.3) is 0 Å². The van der Waals surface area contributed by atoms with Gasteiger partial charge >= 0.3 is 12.2 Å². The quantitative estimate of drug-likeness (QED) is 0.536. The van der Waals surface area contributed by atoms with Crippen LogP contribution in [0.4, 0.5) is 24.7 Å². The number of nitrogens with one attached hydrogen (secondary N) is 1. The van der Waals surface area contributed by atoms with E-state index in [0.717, 1.165) is 28.9 Å². The van der Waals surface area contributed by atoms with Gasteiger partial charge in [0, 0.05) is 17.3 Å². The van der Waals surface area contributed by atoms with Crippen molar-refractivity contribution in [3.63, 3.8) is 0 Å². The fourth-order valence-corrected chi connectivity index (χ4v) is 2.50. The van der Waals surface area contributed by atoms with Crippen LogP contribution >= 0.6 is 0 Å². The molecule has 0 radical (unpaired) electrons. The van der Waals surface area contributed by atoms with Gasteiger partial charge in [0.2, 0.25) is 0 Å². The Hall–Kier alpha value is -3.75. The van der Waals surface area contributed by atoms with E-state index >= 15 is 0 Å². The zero-order chi connectivity index (χ0) is 19.6. The molecule has 0 aliphatic heterocycles. The third-order valence-electron chi connectivity index (χ3n) is 3.79. The summed E-state index contributed by atoms with van der Waals surface area (Å²) < 4.78 is 43.5. The normalized spacial score (nSPS) is 11.4. The summed E-state index contributed by atoms with van der Waals surface area (Å²) in [6.07, 6.45) is -2.09. The molecule has 2 heterocycles. The maximum atomic E-state index is 12.7. The van der Waals surface area contributed by atoms with Crippen molar-refractivity contribution in [3.05, 3.63) is 72.8 Å². The van der Waals surface area contributed by atoms with Crippen molar-refractivity contribution in [1.29, 1.82) is 0 Å². The molecule has 6 nitrogen and oxygen atoms in total. The van der Waals surface area contributed by atoms with Crippen LogP contribution in [-0.2, 0) is 6.18 Å². The summed E-state index contributed by atoms with van der Waals surface area (Å²) in [7, 11) is 0. The van der Waals surface area contributed by atoms with Crippen LogP contribution in [0.1, 0.15) is 5.69 Å². The molecule has 1 N–H and O–H groups in total. The lowest BCUT2D eigenvalue weighted by molar-refractivity contribution is -0.141. The molecule has 0 amide bonds. The Kier molecular flexibility index (Phi) is 4.48. The highest BCUT2D eigenvalue weighted by Crippen LogP contribution is 2.29. The second-order valence-electron chi connectivity index (χ2n) is 5.71. The molecular weight excluding hydrogens is 371 g/mol. The van der Waals surface area contributed by atoms with E-state index in [-0.39, 0.29) is 6.01 Å². The van der Waals surface area contributed by atoms with E-state index in [2.05, 4.69) is 25.3 Å². The number of hydrogen-bond donors (Lipinski definition) is 1. The minimum absolute atomic E-state index is 0.303. The summed E-state index contributed by atoms with van der Waals surface area (Å²) >= 11 is 0. The van der Waals surface area contributed by atoms with Crippen molar-refractivity contribution < 1.29 is 17.9 Å². The Morgan fingerprint density at radius 1 is 0.857 bits per heavy atom. The number of alkyl halides is 3. The van der Waals surface area contributed by atoms with E-state index in [1.807, 2.05) is 24.3 Å². The molecule has 0 atom stereocenters. The van der Waals surface area contributed by atoms with E-state index in [1.165, 1.54) is 6.33 Å². The highest BCUT2D eigenvalue weighted by molar-refractivity contribution is 5.90. The third kappa shape index (κ3) is 3.83. The molecule has 2 aromatic carbocycles. The number of fused-ring (bicyclic) bond motifs is 1. The molecule has 2 aromatic heterocycles. The Bertz CT molecular complexity index is 1110. The van der Waals surface area contributed by atoms with E-state index in [9.17, 15) is 13.2 Å². The summed E-state index contributed by atoms with van der Waals surface area (Å²) in [5.41, 5.74) is 0.467. The molecule has 0 saturated carbocycles. The van der Waals surface area contributed by atoms with Crippen molar-refractivity contribution >= 4 is 22.4 Å². The molecule has 0 fully saturated rings. The molecular formula is C19H12F3N5O. The molecule has 0 bridgehead atoms. The Labute approximate surface area is 157 Å². The van der Waals surface area contributed by atoms with Crippen LogP contribution in [0.3, 0.4) is 0 Å². The van der Waals surface area contributed by atoms with Gasteiger partial charge in [-0.05, 0) is 42.5 Å². The fourth-order valence-electron chi connectivity index (χ4n) is 2.50. The predicted molar refractivity (Wildman–Crippen MR) is 96.4 cm³/mol. The molecule has 0 unspecified atom stereocenters. The summed E-state index contributed by atoms with van der Waals surface area (Å²) in [5.74, 6) is 0.943. The first kappa shape index (κ1) is 17.7. The van der Waals surface area contributed by atoms with Gasteiger partial charge in [-0.1, -0.05) is 12.1 Å². The lowest BCUT2D eigenvalue weighted by atomic mass is 10.2. The second-order valence-corrected chi connectivity index (χ2v) is 5.71. The Morgan fingerprint density at radius 3 is 2.43 bits per heavy atom. The van der Waals surface area contributed by atoms with Crippen molar-refractivity contribution in [2.75, 3.05) is 5.32 Å². The highest BCUT2D eigenvalue weighted by Gasteiger charge is 2.33. The van der Waals surface area contributed by atoms with Crippen molar-refractivity contribution in [2.24, 2.45) is 0 Å². The number of nitrogens with zero attached hydrogens (tertiary/aromatic N) is 4. The minimum Gasteiger partial charge on any atom is -0.424 e. The van der Waals surface area contributed by atoms with Gasteiger partial charge in [-0.15, -0.1) is 0 Å². The first-order valence-electron chi connectivity index (χ1n) is 8.14. The second kappa shape index (κ2) is 7.10. The van der Waals surface area contributed by atoms with Gasteiger partial charge in [0.1, 0.15) is 17.9 Å². The van der Waals surface area contributed by atoms with Gasteiger partial charge in [0.05, 0.1) is 5.52 Å². The largest absolute Gasteiger partial charge is 0.433 e. The third-order valence-corrected chi connectivity index (χ3v) is 3.79. The zero-order valence-electron chi connectivity index (χ0n) is 14.2. The van der Waals surface area contributed by atoms with Crippen molar-refractivity contribution in [1.82, 2.24) is 19.9 Å². The lowest BCUT2D eigenvalue weighted by Gasteiger charge is -2.10. The van der Waals surface area contributed by atoms with Gasteiger partial charge in [-0.25, -0.2) is 15.0 Å². The molecule has 0 spiro atoms. The van der Waals surface area contributed by atoms with Crippen LogP contribution in [0.2, 0.25) is 0 Å². The summed E-state index contributed by atoms with van der Waals surface area (Å²) in [5, 5.41) is 4.04. The average molecular weight is 383 g/mol. The van der Waals surface area contributed by atoms with Crippen LogP contribution in [0.15, 0.2) is 67.1 Å². The van der Waals surface area contributed by atoms with Gasteiger partial charge in [-0.3, -0.25) is 0 Å². The first-order chi connectivity index (χ1) is 13.5. The number of aromatic nitrogens is 4. The zero-order valence-corrected chi connectivity index (χ0v) is 14.2. The van der Waals surface area contributed by atoms with Gasteiger partial charge in [-0.2, -0.15) is 18.2 Å². The van der Waals surface area contributed by atoms with Crippen LogP contribution in [0, 0.1) is 0 Å². The number of benzene rings is 2. The smallest absolute Gasteiger partial charge is 0.424 e. The van der Waals surface area contributed by atoms with Crippen LogP contribution < -0.4 is 10.1 Å². The molecule has 140 valence electrons. The van der Waals surface area contributed by atoms with Crippen molar-refractivity contribution in [2.45, 2.75) is 6.18 Å². The topological polar surface area (TPSA) is 72.8 Å². The van der Waals surface area contributed by atoms with Gasteiger partial charge in [0.15, 0.2) is 5.69 Å². The number of para-hydroxylation sites is 1. The minimum atomic E-state index is -4.56. The maximum Gasteiger partial charge on any atom is 0.433 e. The molecule has 4 aromatic rings. The molecule has 0 aliphatic carbocycles.